The Kier molecular flexibility index (Phi) is 4.01. The molecule has 0 atom stereocenters. The Balaban J connectivity index is 0.000000980. The molecule has 2 rings (SSSR count). The van der Waals surface area contributed by atoms with Crippen molar-refractivity contribution in [1.82, 2.24) is 4.98 Å². The molecule has 0 spiro atoms. The third kappa shape index (κ3) is 2.12. The number of rotatable bonds is 1. The Morgan fingerprint density at radius 2 is 2.07 bits per heavy atom. The van der Waals surface area contributed by atoms with Gasteiger partial charge in [-0.3, -0.25) is 4.98 Å². The molecular formula is C10H8Br2FN. The van der Waals surface area contributed by atoms with Gasteiger partial charge >= 0.3 is 0 Å². The number of pyridine rings is 1. The van der Waals surface area contributed by atoms with Crippen LogP contribution in [0.25, 0.3) is 10.8 Å². The van der Waals surface area contributed by atoms with Crippen molar-refractivity contribution in [3.8, 4) is 0 Å². The molecule has 1 aromatic heterocycles. The third-order valence-electron chi connectivity index (χ3n) is 1.95. The zero-order valence-electron chi connectivity index (χ0n) is 7.21. The van der Waals surface area contributed by atoms with Gasteiger partial charge in [-0.25, -0.2) is 4.39 Å². The van der Waals surface area contributed by atoms with E-state index >= 15 is 0 Å². The molecule has 0 saturated heterocycles. The Morgan fingerprint density at radius 3 is 2.79 bits per heavy atom. The van der Waals surface area contributed by atoms with Gasteiger partial charge in [-0.2, -0.15) is 0 Å². The van der Waals surface area contributed by atoms with Gasteiger partial charge in [0.1, 0.15) is 5.82 Å². The summed E-state index contributed by atoms with van der Waals surface area (Å²) < 4.78 is 13.3. The molecule has 0 aliphatic heterocycles. The zero-order valence-corrected chi connectivity index (χ0v) is 10.5. The normalized spacial score (nSPS) is 9.86. The Hall–Kier alpha value is -0.480. The summed E-state index contributed by atoms with van der Waals surface area (Å²) in [5, 5.41) is 2.40. The fourth-order valence-corrected chi connectivity index (χ4v) is 1.69. The molecule has 4 heteroatoms. The molecule has 1 heterocycles. The van der Waals surface area contributed by atoms with Crippen LogP contribution in [-0.2, 0) is 5.33 Å². The van der Waals surface area contributed by atoms with Crippen molar-refractivity contribution in [3.63, 3.8) is 0 Å². The van der Waals surface area contributed by atoms with Gasteiger partial charge in [-0.1, -0.05) is 15.9 Å². The molecule has 0 aliphatic carbocycles. The van der Waals surface area contributed by atoms with E-state index in [1.807, 2.05) is 12.1 Å². The van der Waals surface area contributed by atoms with Crippen LogP contribution in [0.4, 0.5) is 4.39 Å². The summed E-state index contributed by atoms with van der Waals surface area (Å²) in [6, 6.07) is 5.22. The molecule has 0 bridgehead atoms. The predicted molar refractivity (Wildman–Crippen MR) is 64.7 cm³/mol. The van der Waals surface area contributed by atoms with Gasteiger partial charge in [0, 0.05) is 23.1 Å². The maximum absolute atomic E-state index is 13.3. The van der Waals surface area contributed by atoms with E-state index in [0.29, 0.717) is 10.9 Å². The van der Waals surface area contributed by atoms with Crippen LogP contribution in [0, 0.1) is 5.82 Å². The second-order valence-electron chi connectivity index (χ2n) is 2.80. The Morgan fingerprint density at radius 1 is 1.29 bits per heavy atom. The fourth-order valence-electron chi connectivity index (χ4n) is 1.26. The topological polar surface area (TPSA) is 12.9 Å². The van der Waals surface area contributed by atoms with E-state index in [1.54, 1.807) is 12.4 Å². The number of hydrogen-bond acceptors (Lipinski definition) is 1. The van der Waals surface area contributed by atoms with Crippen LogP contribution in [0.15, 0.2) is 30.6 Å². The van der Waals surface area contributed by atoms with Crippen molar-refractivity contribution < 1.29 is 4.39 Å². The molecule has 14 heavy (non-hydrogen) atoms. The molecule has 0 aliphatic rings. The lowest BCUT2D eigenvalue weighted by Crippen LogP contribution is -1.86. The lowest BCUT2D eigenvalue weighted by molar-refractivity contribution is 0.619. The SMILES string of the molecule is Br.Fc1cc2cnccc2cc1CBr. The van der Waals surface area contributed by atoms with Gasteiger partial charge in [0.25, 0.3) is 0 Å². The number of fused-ring (bicyclic) bond motifs is 1. The molecule has 0 amide bonds. The highest BCUT2D eigenvalue weighted by Gasteiger charge is 2.02. The van der Waals surface area contributed by atoms with Crippen LogP contribution in [0.2, 0.25) is 0 Å². The molecule has 0 radical (unpaired) electrons. The van der Waals surface area contributed by atoms with Crippen molar-refractivity contribution in [2.75, 3.05) is 0 Å². The molecular weight excluding hydrogens is 313 g/mol. The molecule has 0 fully saturated rings. The van der Waals surface area contributed by atoms with E-state index < -0.39 is 0 Å². The predicted octanol–water partition coefficient (Wildman–Crippen LogP) is 3.85. The van der Waals surface area contributed by atoms with Crippen molar-refractivity contribution >= 4 is 43.7 Å². The van der Waals surface area contributed by atoms with E-state index in [-0.39, 0.29) is 22.8 Å². The van der Waals surface area contributed by atoms with Crippen molar-refractivity contribution in [2.45, 2.75) is 5.33 Å². The van der Waals surface area contributed by atoms with E-state index in [4.69, 9.17) is 0 Å². The highest BCUT2D eigenvalue weighted by Crippen LogP contribution is 2.19. The molecule has 74 valence electrons. The first-order valence-corrected chi connectivity index (χ1v) is 5.01. The number of nitrogens with zero attached hydrogens (tertiary/aromatic N) is 1. The summed E-state index contributed by atoms with van der Waals surface area (Å²) in [4.78, 5) is 3.93. The number of halogens is 3. The lowest BCUT2D eigenvalue weighted by Gasteiger charge is -2.01. The van der Waals surface area contributed by atoms with E-state index in [0.717, 1.165) is 10.8 Å². The number of aromatic nitrogens is 1. The third-order valence-corrected chi connectivity index (χ3v) is 2.55. The fraction of sp³-hybridized carbons (Fsp3) is 0.100. The van der Waals surface area contributed by atoms with E-state index in [1.165, 1.54) is 6.07 Å². The minimum absolute atomic E-state index is 0. The lowest BCUT2D eigenvalue weighted by atomic mass is 10.1. The van der Waals surface area contributed by atoms with Gasteiger partial charge in [-0.05, 0) is 29.1 Å². The minimum Gasteiger partial charge on any atom is -0.264 e. The van der Waals surface area contributed by atoms with Crippen molar-refractivity contribution in [2.24, 2.45) is 0 Å². The van der Waals surface area contributed by atoms with Gasteiger partial charge < -0.3 is 0 Å². The number of hydrogen-bond donors (Lipinski definition) is 0. The summed E-state index contributed by atoms with van der Waals surface area (Å²) in [7, 11) is 0. The summed E-state index contributed by atoms with van der Waals surface area (Å²) in [5.41, 5.74) is 0.679. The number of benzene rings is 1. The van der Waals surface area contributed by atoms with Crippen molar-refractivity contribution in [1.29, 1.82) is 0 Å². The molecule has 0 N–H and O–H groups in total. The summed E-state index contributed by atoms with van der Waals surface area (Å²) >= 11 is 3.24. The zero-order chi connectivity index (χ0) is 9.26. The molecule has 1 nitrogen and oxygen atoms in total. The maximum Gasteiger partial charge on any atom is 0.127 e. The highest BCUT2D eigenvalue weighted by molar-refractivity contribution is 9.08. The molecule has 0 unspecified atom stereocenters. The second-order valence-corrected chi connectivity index (χ2v) is 3.36. The average molecular weight is 321 g/mol. The van der Waals surface area contributed by atoms with Crippen LogP contribution >= 0.6 is 32.9 Å². The number of alkyl halides is 1. The van der Waals surface area contributed by atoms with Crippen LogP contribution < -0.4 is 0 Å². The van der Waals surface area contributed by atoms with Gasteiger partial charge in [0.2, 0.25) is 0 Å². The van der Waals surface area contributed by atoms with Gasteiger partial charge in [-0.15, -0.1) is 17.0 Å². The summed E-state index contributed by atoms with van der Waals surface area (Å²) in [6.07, 6.45) is 3.37. The smallest absolute Gasteiger partial charge is 0.127 e. The Labute approximate surface area is 100 Å². The van der Waals surface area contributed by atoms with Gasteiger partial charge in [0.05, 0.1) is 0 Å². The van der Waals surface area contributed by atoms with Crippen LogP contribution in [0.5, 0.6) is 0 Å². The summed E-state index contributed by atoms with van der Waals surface area (Å²) in [5.74, 6) is -0.183. The first-order valence-electron chi connectivity index (χ1n) is 3.89. The minimum atomic E-state index is -0.183. The van der Waals surface area contributed by atoms with Gasteiger partial charge in [0.15, 0.2) is 0 Å². The van der Waals surface area contributed by atoms with Crippen LogP contribution in [0.3, 0.4) is 0 Å². The standard InChI is InChI=1S/C10H7BrFN.BrH/c11-5-8-3-7-1-2-13-6-9(7)4-10(8)12;/h1-4,6H,5H2;1H. The molecule has 2 aromatic rings. The maximum atomic E-state index is 13.3. The monoisotopic (exact) mass is 319 g/mol. The van der Waals surface area contributed by atoms with Crippen LogP contribution in [-0.4, -0.2) is 4.98 Å². The van der Waals surface area contributed by atoms with E-state index in [9.17, 15) is 4.39 Å². The highest BCUT2D eigenvalue weighted by atomic mass is 79.9. The van der Waals surface area contributed by atoms with E-state index in [2.05, 4.69) is 20.9 Å². The first-order chi connectivity index (χ1) is 6.31. The second kappa shape index (κ2) is 4.84. The largest absolute Gasteiger partial charge is 0.264 e. The molecule has 1 aromatic carbocycles. The Bertz CT molecular complexity index is 445. The van der Waals surface area contributed by atoms with Crippen molar-refractivity contribution in [3.05, 3.63) is 42.0 Å². The first kappa shape index (κ1) is 11.6. The summed E-state index contributed by atoms with van der Waals surface area (Å²) in [6.45, 7) is 0. The van der Waals surface area contributed by atoms with Crippen LogP contribution in [0.1, 0.15) is 5.56 Å². The molecule has 0 saturated carbocycles. The average Bonchev–Trinajstić information content (AvgIpc) is 2.17. The quantitative estimate of drug-likeness (QED) is 0.727.